The van der Waals surface area contributed by atoms with Crippen molar-refractivity contribution in [1.82, 2.24) is 15.3 Å². The highest BCUT2D eigenvalue weighted by Gasteiger charge is 2.35. The van der Waals surface area contributed by atoms with Crippen molar-refractivity contribution >= 4 is 11.8 Å². The predicted octanol–water partition coefficient (Wildman–Crippen LogP) is 0.0189. The smallest absolute Gasteiger partial charge is 0.368 e. The van der Waals surface area contributed by atoms with E-state index in [1.807, 2.05) is 5.32 Å². The first-order valence-corrected chi connectivity index (χ1v) is 4.69. The van der Waals surface area contributed by atoms with Crippen molar-refractivity contribution in [1.29, 1.82) is 0 Å². The van der Waals surface area contributed by atoms with Crippen LogP contribution in [0, 0.1) is 6.92 Å². The van der Waals surface area contributed by atoms with Gasteiger partial charge in [-0.2, -0.15) is 13.2 Å². The maximum absolute atomic E-state index is 12.4. The molecule has 0 unspecified atom stereocenters. The van der Waals surface area contributed by atoms with Crippen LogP contribution in [0.3, 0.4) is 0 Å². The van der Waals surface area contributed by atoms with E-state index in [9.17, 15) is 22.8 Å². The second-order valence-electron chi connectivity index (χ2n) is 3.36. The number of aryl methyl sites for hydroxylation is 1. The zero-order valence-corrected chi connectivity index (χ0v) is 9.21. The topological polar surface area (TPSA) is 98.0 Å². The Hall–Kier alpha value is -2.19. The van der Waals surface area contributed by atoms with E-state index in [-0.39, 0.29) is 5.69 Å². The molecule has 1 aromatic heterocycles. The van der Waals surface area contributed by atoms with Crippen LogP contribution in [0.4, 0.5) is 13.2 Å². The molecule has 0 saturated carbocycles. The van der Waals surface area contributed by atoms with Crippen LogP contribution in [0.1, 0.15) is 22.0 Å². The number of nitrogens with zero attached hydrogens (tertiary/aromatic N) is 2. The first-order valence-electron chi connectivity index (χ1n) is 4.69. The Labute approximate surface area is 99.4 Å². The van der Waals surface area contributed by atoms with Gasteiger partial charge in [0.1, 0.15) is 5.69 Å². The van der Waals surface area contributed by atoms with Crippen molar-refractivity contribution < 1.29 is 22.8 Å². The molecule has 0 spiro atoms. The first-order chi connectivity index (χ1) is 8.20. The number of rotatable bonds is 3. The van der Waals surface area contributed by atoms with Crippen LogP contribution in [-0.2, 0) is 11.0 Å². The van der Waals surface area contributed by atoms with Gasteiger partial charge in [-0.25, -0.2) is 9.97 Å². The molecule has 0 fully saturated rings. The summed E-state index contributed by atoms with van der Waals surface area (Å²) in [6.45, 7) is 0.811. The number of carbonyl (C=O) groups excluding carboxylic acids is 2. The van der Waals surface area contributed by atoms with Gasteiger partial charge in [0.05, 0.1) is 6.54 Å². The fourth-order valence-corrected chi connectivity index (χ4v) is 1.07. The number of carbonyl (C=O) groups is 2. The number of primary amides is 1. The third-order valence-corrected chi connectivity index (χ3v) is 1.76. The van der Waals surface area contributed by atoms with E-state index in [0.29, 0.717) is 0 Å². The van der Waals surface area contributed by atoms with Gasteiger partial charge in [-0.05, 0) is 13.0 Å². The van der Waals surface area contributed by atoms with Crippen LogP contribution < -0.4 is 11.1 Å². The van der Waals surface area contributed by atoms with E-state index in [0.717, 1.165) is 6.07 Å². The Balaban J connectivity index is 2.99. The second kappa shape index (κ2) is 4.98. The van der Waals surface area contributed by atoms with E-state index < -0.39 is 36.1 Å². The summed E-state index contributed by atoms with van der Waals surface area (Å²) in [6, 6.07) is 1.07. The van der Waals surface area contributed by atoms with Gasteiger partial charge in [0, 0.05) is 5.69 Å². The summed E-state index contributed by atoms with van der Waals surface area (Å²) in [4.78, 5) is 28.1. The lowest BCUT2D eigenvalue weighted by atomic mass is 10.3. The lowest BCUT2D eigenvalue weighted by molar-refractivity contribution is -0.145. The molecule has 9 heteroatoms. The van der Waals surface area contributed by atoms with Gasteiger partial charge in [-0.3, -0.25) is 9.59 Å². The van der Waals surface area contributed by atoms with Gasteiger partial charge in [0.2, 0.25) is 11.7 Å². The van der Waals surface area contributed by atoms with E-state index in [4.69, 9.17) is 5.73 Å². The molecule has 2 amide bonds. The van der Waals surface area contributed by atoms with Crippen molar-refractivity contribution in [2.75, 3.05) is 6.54 Å². The number of halogens is 3. The normalized spacial score (nSPS) is 11.1. The highest BCUT2D eigenvalue weighted by Crippen LogP contribution is 2.26. The fourth-order valence-electron chi connectivity index (χ4n) is 1.07. The monoisotopic (exact) mass is 262 g/mol. The molecule has 1 rings (SSSR count). The molecule has 0 bridgehead atoms. The van der Waals surface area contributed by atoms with Crippen molar-refractivity contribution in [3.8, 4) is 0 Å². The Bertz CT molecular complexity index is 487. The SMILES string of the molecule is Cc1cc(C(=O)NCC(N)=O)nc(C(F)(F)F)n1. The summed E-state index contributed by atoms with van der Waals surface area (Å²) in [7, 11) is 0. The van der Waals surface area contributed by atoms with Crippen LogP contribution in [-0.4, -0.2) is 28.3 Å². The summed E-state index contributed by atoms with van der Waals surface area (Å²) in [5, 5.41) is 2.03. The van der Waals surface area contributed by atoms with Crippen molar-refractivity contribution in [2.24, 2.45) is 5.73 Å². The zero-order chi connectivity index (χ0) is 13.9. The number of hydrogen-bond donors (Lipinski definition) is 2. The van der Waals surface area contributed by atoms with Crippen molar-refractivity contribution in [2.45, 2.75) is 13.1 Å². The lowest BCUT2D eigenvalue weighted by Gasteiger charge is -2.08. The maximum Gasteiger partial charge on any atom is 0.451 e. The highest BCUT2D eigenvalue weighted by molar-refractivity contribution is 5.94. The molecule has 98 valence electrons. The van der Waals surface area contributed by atoms with Crippen molar-refractivity contribution in [3.05, 3.63) is 23.3 Å². The van der Waals surface area contributed by atoms with Gasteiger partial charge >= 0.3 is 6.18 Å². The Morgan fingerprint density at radius 1 is 1.39 bits per heavy atom. The van der Waals surface area contributed by atoms with Gasteiger partial charge < -0.3 is 11.1 Å². The number of nitrogens with one attached hydrogen (secondary N) is 1. The molecule has 1 heterocycles. The Kier molecular flexibility index (Phi) is 3.84. The molecule has 0 aliphatic heterocycles. The van der Waals surface area contributed by atoms with Crippen LogP contribution >= 0.6 is 0 Å². The summed E-state index contributed by atoms with van der Waals surface area (Å²) >= 11 is 0. The molecule has 18 heavy (non-hydrogen) atoms. The Morgan fingerprint density at radius 2 is 2.00 bits per heavy atom. The summed E-state index contributed by atoms with van der Waals surface area (Å²) < 4.78 is 37.2. The van der Waals surface area contributed by atoms with E-state index in [1.54, 1.807) is 0 Å². The van der Waals surface area contributed by atoms with Gasteiger partial charge in [-0.15, -0.1) is 0 Å². The predicted molar refractivity (Wildman–Crippen MR) is 53.3 cm³/mol. The third-order valence-electron chi connectivity index (χ3n) is 1.76. The number of aromatic nitrogens is 2. The highest BCUT2D eigenvalue weighted by atomic mass is 19.4. The summed E-state index contributed by atoms with van der Waals surface area (Å²) in [5.41, 5.74) is 4.29. The second-order valence-corrected chi connectivity index (χ2v) is 3.36. The third kappa shape index (κ3) is 3.68. The first kappa shape index (κ1) is 13.9. The number of nitrogens with two attached hydrogens (primary N) is 1. The number of hydrogen-bond acceptors (Lipinski definition) is 4. The van der Waals surface area contributed by atoms with Gasteiger partial charge in [0.25, 0.3) is 5.91 Å². The molecular weight excluding hydrogens is 253 g/mol. The molecule has 0 aromatic carbocycles. The zero-order valence-electron chi connectivity index (χ0n) is 9.21. The largest absolute Gasteiger partial charge is 0.451 e. The van der Waals surface area contributed by atoms with E-state index >= 15 is 0 Å². The van der Waals surface area contributed by atoms with Gasteiger partial charge in [-0.1, -0.05) is 0 Å². The van der Waals surface area contributed by atoms with E-state index in [1.165, 1.54) is 6.92 Å². The van der Waals surface area contributed by atoms with Gasteiger partial charge in [0.15, 0.2) is 0 Å². The molecule has 0 atom stereocenters. The minimum Gasteiger partial charge on any atom is -0.368 e. The van der Waals surface area contributed by atoms with Crippen LogP contribution in [0.2, 0.25) is 0 Å². The number of alkyl halides is 3. The molecule has 0 saturated heterocycles. The summed E-state index contributed by atoms with van der Waals surface area (Å²) in [5.74, 6) is -3.15. The van der Waals surface area contributed by atoms with Crippen LogP contribution in [0.25, 0.3) is 0 Å². The molecule has 6 nitrogen and oxygen atoms in total. The summed E-state index contributed by atoms with van der Waals surface area (Å²) in [6.07, 6.45) is -4.75. The number of amides is 2. The maximum atomic E-state index is 12.4. The fraction of sp³-hybridized carbons (Fsp3) is 0.333. The average molecular weight is 262 g/mol. The van der Waals surface area contributed by atoms with Crippen LogP contribution in [0.5, 0.6) is 0 Å². The average Bonchev–Trinajstić information content (AvgIpc) is 2.23. The molecule has 0 aliphatic rings. The quantitative estimate of drug-likeness (QED) is 0.802. The van der Waals surface area contributed by atoms with Crippen LogP contribution in [0.15, 0.2) is 6.07 Å². The molecular formula is C9H9F3N4O2. The standard InChI is InChI=1S/C9H9F3N4O2/c1-4-2-5(7(18)14-3-6(13)17)16-8(15-4)9(10,11)12/h2H,3H2,1H3,(H2,13,17)(H,14,18). The minimum absolute atomic E-state index is 0.0125. The van der Waals surface area contributed by atoms with Crippen molar-refractivity contribution in [3.63, 3.8) is 0 Å². The molecule has 3 N–H and O–H groups in total. The lowest BCUT2D eigenvalue weighted by Crippen LogP contribution is -2.34. The minimum atomic E-state index is -4.75. The molecule has 0 radical (unpaired) electrons. The van der Waals surface area contributed by atoms with E-state index in [2.05, 4.69) is 9.97 Å². The molecule has 1 aromatic rings. The Morgan fingerprint density at radius 3 is 2.50 bits per heavy atom. The molecule has 0 aliphatic carbocycles.